The van der Waals surface area contributed by atoms with Gasteiger partial charge in [-0.1, -0.05) is 31.2 Å². The fraction of sp³-hybridized carbons (Fsp3) is 0.238. The number of fused-ring (bicyclic) bond motifs is 1. The molecule has 0 aliphatic carbocycles. The monoisotopic (exact) mass is 379 g/mol. The summed E-state index contributed by atoms with van der Waals surface area (Å²) >= 11 is 1.51. The zero-order chi connectivity index (χ0) is 18.8. The molecule has 27 heavy (non-hydrogen) atoms. The molecule has 2 N–H and O–H groups in total. The van der Waals surface area contributed by atoms with Gasteiger partial charge in [0.05, 0.1) is 28.9 Å². The van der Waals surface area contributed by atoms with Crippen molar-refractivity contribution in [1.82, 2.24) is 9.88 Å². The first kappa shape index (κ1) is 17.5. The summed E-state index contributed by atoms with van der Waals surface area (Å²) in [4.78, 5) is 6.45. The summed E-state index contributed by atoms with van der Waals surface area (Å²) in [6.07, 6.45) is 0.978. The number of aliphatic hydroxyl groups excluding tert-OH is 1. The third-order valence-corrected chi connectivity index (χ3v) is 5.51. The number of aliphatic hydroxyl groups is 1. The highest BCUT2D eigenvalue weighted by Gasteiger charge is 2.30. The van der Waals surface area contributed by atoms with Crippen LogP contribution >= 0.6 is 11.3 Å². The summed E-state index contributed by atoms with van der Waals surface area (Å²) < 4.78 is 6.67. The summed E-state index contributed by atoms with van der Waals surface area (Å²) in [5.74, 6) is 1.38. The highest BCUT2D eigenvalue weighted by Crippen LogP contribution is 2.33. The van der Waals surface area contributed by atoms with Gasteiger partial charge in [-0.2, -0.15) is 0 Å². The molecular weight excluding hydrogens is 358 g/mol. The summed E-state index contributed by atoms with van der Waals surface area (Å²) in [5.41, 5.74) is 2.51. The predicted molar refractivity (Wildman–Crippen MR) is 110 cm³/mol. The van der Waals surface area contributed by atoms with Crippen LogP contribution in [0.2, 0.25) is 0 Å². The van der Waals surface area contributed by atoms with E-state index in [1.807, 2.05) is 53.4 Å². The largest absolute Gasteiger partial charge is 0.510 e. The molecule has 0 fully saturated rings. The quantitative estimate of drug-likeness (QED) is 0.642. The van der Waals surface area contributed by atoms with E-state index in [-0.39, 0.29) is 5.76 Å². The van der Waals surface area contributed by atoms with Crippen LogP contribution in [0, 0.1) is 5.41 Å². The van der Waals surface area contributed by atoms with Crippen LogP contribution in [0.3, 0.4) is 0 Å². The number of ether oxygens (including phenoxy) is 1. The van der Waals surface area contributed by atoms with E-state index in [4.69, 9.17) is 10.1 Å². The van der Waals surface area contributed by atoms with Gasteiger partial charge in [-0.15, -0.1) is 11.3 Å². The first-order valence-corrected chi connectivity index (χ1v) is 9.81. The molecule has 0 bridgehead atoms. The average Bonchev–Trinajstić information content (AvgIpc) is 3.21. The lowest BCUT2D eigenvalue weighted by Gasteiger charge is -2.18. The van der Waals surface area contributed by atoms with Crippen molar-refractivity contribution in [3.8, 4) is 5.75 Å². The Morgan fingerprint density at radius 1 is 1.19 bits per heavy atom. The predicted octanol–water partition coefficient (Wildman–Crippen LogP) is 4.85. The Morgan fingerprint density at radius 3 is 2.70 bits per heavy atom. The third-order valence-electron chi connectivity index (χ3n) is 4.46. The molecule has 1 aliphatic rings. The van der Waals surface area contributed by atoms with Crippen LogP contribution in [0.1, 0.15) is 23.9 Å². The highest BCUT2D eigenvalue weighted by atomic mass is 32.1. The Bertz CT molecular complexity index is 975. The maximum absolute atomic E-state index is 10.5. The van der Waals surface area contributed by atoms with Crippen LogP contribution in [-0.2, 0) is 6.54 Å². The summed E-state index contributed by atoms with van der Waals surface area (Å²) in [6, 6.07) is 15.8. The first-order valence-electron chi connectivity index (χ1n) is 8.99. The summed E-state index contributed by atoms with van der Waals surface area (Å²) in [7, 11) is 0. The Morgan fingerprint density at radius 2 is 1.96 bits per heavy atom. The molecule has 1 aromatic heterocycles. The van der Waals surface area contributed by atoms with Gasteiger partial charge in [0.2, 0.25) is 0 Å². The molecule has 3 aromatic rings. The Kier molecular flexibility index (Phi) is 4.81. The fourth-order valence-electron chi connectivity index (χ4n) is 3.10. The fourth-order valence-corrected chi connectivity index (χ4v) is 4.14. The second-order valence-electron chi connectivity index (χ2n) is 6.51. The number of amidine groups is 1. The molecule has 5 nitrogen and oxygen atoms in total. The molecule has 0 spiro atoms. The van der Waals surface area contributed by atoms with E-state index in [9.17, 15) is 5.11 Å². The number of hydrogen-bond acceptors (Lipinski definition) is 5. The van der Waals surface area contributed by atoms with E-state index in [2.05, 4.69) is 11.9 Å². The normalized spacial score (nSPS) is 14.4. The van der Waals surface area contributed by atoms with Crippen molar-refractivity contribution in [2.75, 3.05) is 13.2 Å². The lowest BCUT2D eigenvalue weighted by atomic mass is 10.2. The second-order valence-corrected chi connectivity index (χ2v) is 7.54. The van der Waals surface area contributed by atoms with Gasteiger partial charge in [0.15, 0.2) is 0 Å². The van der Waals surface area contributed by atoms with Crippen LogP contribution in [0.25, 0.3) is 15.8 Å². The molecule has 0 amide bonds. The van der Waals surface area contributed by atoms with E-state index in [1.54, 1.807) is 0 Å². The van der Waals surface area contributed by atoms with Gasteiger partial charge >= 0.3 is 0 Å². The summed E-state index contributed by atoms with van der Waals surface area (Å²) in [5, 5.41) is 19.7. The number of nitrogens with one attached hydrogen (secondary N) is 1. The van der Waals surface area contributed by atoms with Crippen molar-refractivity contribution in [2.24, 2.45) is 0 Å². The molecule has 0 atom stereocenters. The molecule has 138 valence electrons. The zero-order valence-corrected chi connectivity index (χ0v) is 15.9. The Labute approximate surface area is 162 Å². The molecule has 2 heterocycles. The number of aromatic nitrogens is 1. The van der Waals surface area contributed by atoms with Gasteiger partial charge in [-0.05, 0) is 36.2 Å². The van der Waals surface area contributed by atoms with E-state index < -0.39 is 0 Å². The van der Waals surface area contributed by atoms with Crippen molar-refractivity contribution < 1.29 is 9.84 Å². The number of hydrogen-bond donors (Lipinski definition) is 2. The van der Waals surface area contributed by atoms with E-state index in [0.29, 0.717) is 36.1 Å². The molecule has 2 aromatic carbocycles. The Hall–Kier alpha value is -2.86. The first-order chi connectivity index (χ1) is 13.2. The number of thiazole rings is 1. The minimum Gasteiger partial charge on any atom is -0.510 e. The van der Waals surface area contributed by atoms with Gasteiger partial charge in [-0.3, -0.25) is 5.41 Å². The van der Waals surface area contributed by atoms with Crippen molar-refractivity contribution in [3.05, 3.63) is 64.9 Å². The molecule has 0 unspecified atom stereocenters. The van der Waals surface area contributed by atoms with Crippen LogP contribution in [0.15, 0.2) is 54.3 Å². The van der Waals surface area contributed by atoms with Crippen LogP contribution in [-0.4, -0.2) is 34.0 Å². The summed E-state index contributed by atoms with van der Waals surface area (Å²) in [6.45, 7) is 3.68. The standard InChI is InChI=1S/C21H21N3O2S/c1-2-11-26-15-9-7-14(8-10-15)12-24-13-17(25)19(20(24)22)21-23-16-5-3-4-6-18(16)27-21/h3-10,22,25H,2,11-13H2,1H3. The maximum Gasteiger partial charge on any atom is 0.135 e. The Balaban J connectivity index is 1.50. The van der Waals surface area contributed by atoms with Crippen LogP contribution in [0.5, 0.6) is 5.75 Å². The number of para-hydroxylation sites is 1. The molecule has 1 aliphatic heterocycles. The van der Waals surface area contributed by atoms with Crippen molar-refractivity contribution in [2.45, 2.75) is 19.9 Å². The van der Waals surface area contributed by atoms with Gasteiger partial charge < -0.3 is 14.7 Å². The molecular formula is C21H21N3O2S. The average molecular weight is 379 g/mol. The molecule has 4 rings (SSSR count). The van der Waals surface area contributed by atoms with Gasteiger partial charge in [0, 0.05) is 6.54 Å². The lowest BCUT2D eigenvalue weighted by Crippen LogP contribution is -2.26. The van der Waals surface area contributed by atoms with E-state index in [0.717, 1.165) is 28.0 Å². The molecule has 0 saturated heterocycles. The minimum absolute atomic E-state index is 0.210. The van der Waals surface area contributed by atoms with Gasteiger partial charge in [0.25, 0.3) is 0 Å². The lowest BCUT2D eigenvalue weighted by molar-refractivity contribution is 0.317. The smallest absolute Gasteiger partial charge is 0.135 e. The topological polar surface area (TPSA) is 69.4 Å². The van der Waals surface area contributed by atoms with Crippen LogP contribution < -0.4 is 4.74 Å². The van der Waals surface area contributed by atoms with E-state index >= 15 is 0 Å². The van der Waals surface area contributed by atoms with Gasteiger partial charge in [0.1, 0.15) is 22.4 Å². The molecule has 0 radical (unpaired) electrons. The number of benzene rings is 2. The number of rotatable bonds is 6. The van der Waals surface area contributed by atoms with Gasteiger partial charge in [-0.25, -0.2) is 4.98 Å². The number of nitrogens with zero attached hydrogens (tertiary/aromatic N) is 2. The highest BCUT2D eigenvalue weighted by molar-refractivity contribution is 7.19. The third kappa shape index (κ3) is 3.53. The van der Waals surface area contributed by atoms with E-state index in [1.165, 1.54) is 11.3 Å². The minimum atomic E-state index is 0.210. The van der Waals surface area contributed by atoms with Crippen molar-refractivity contribution >= 4 is 33.0 Å². The molecule has 0 saturated carbocycles. The second kappa shape index (κ2) is 7.40. The van der Waals surface area contributed by atoms with Crippen LogP contribution in [0.4, 0.5) is 0 Å². The molecule has 6 heteroatoms. The zero-order valence-electron chi connectivity index (χ0n) is 15.1. The SMILES string of the molecule is CCCOc1ccc(CN2CC(O)=C(c3nc4ccccc4s3)C2=N)cc1. The van der Waals surface area contributed by atoms with Crippen molar-refractivity contribution in [3.63, 3.8) is 0 Å². The maximum atomic E-state index is 10.5. The van der Waals surface area contributed by atoms with Crippen molar-refractivity contribution in [1.29, 1.82) is 5.41 Å².